The van der Waals surface area contributed by atoms with Gasteiger partial charge in [0.2, 0.25) is 0 Å². The molecule has 0 saturated carbocycles. The number of hydrogen-bond acceptors (Lipinski definition) is 4. The number of hydrogen-bond donors (Lipinski definition) is 1. The van der Waals surface area contributed by atoms with Gasteiger partial charge in [-0.25, -0.2) is 4.98 Å². The van der Waals surface area contributed by atoms with Gasteiger partial charge in [0.05, 0.1) is 18.8 Å². The van der Waals surface area contributed by atoms with Crippen molar-refractivity contribution < 1.29 is 4.74 Å². The molecule has 98 valence electrons. The van der Waals surface area contributed by atoms with Crippen molar-refractivity contribution in [2.75, 3.05) is 20.2 Å². The van der Waals surface area contributed by atoms with Crippen molar-refractivity contribution in [1.82, 2.24) is 14.7 Å². The zero-order valence-electron chi connectivity index (χ0n) is 10.9. The fourth-order valence-electron chi connectivity index (χ4n) is 2.66. The smallest absolute Gasteiger partial charge is 0.166 e. The van der Waals surface area contributed by atoms with E-state index in [0.717, 1.165) is 43.0 Å². The van der Waals surface area contributed by atoms with Crippen LogP contribution in [0.25, 0.3) is 5.52 Å². The molecule has 1 aliphatic rings. The number of pyridine rings is 1. The topological polar surface area (TPSA) is 62.3 Å². The summed E-state index contributed by atoms with van der Waals surface area (Å²) >= 11 is 0. The summed E-state index contributed by atoms with van der Waals surface area (Å²) in [6, 6.07) is 5.94. The summed E-state index contributed by atoms with van der Waals surface area (Å²) in [5.74, 6) is 2.17. The zero-order chi connectivity index (χ0) is 13.2. The molecule has 0 spiro atoms. The highest BCUT2D eigenvalue weighted by Crippen LogP contribution is 2.28. The molecule has 0 atom stereocenters. The average molecular weight is 256 g/mol. The summed E-state index contributed by atoms with van der Waals surface area (Å²) in [5.41, 5.74) is 1.35. The number of piperidine rings is 1. The molecule has 1 fully saturated rings. The van der Waals surface area contributed by atoms with E-state index in [0.29, 0.717) is 11.6 Å². The summed E-state index contributed by atoms with van der Waals surface area (Å²) in [6.45, 7) is 2.01. The lowest BCUT2D eigenvalue weighted by Gasteiger charge is -2.21. The first-order valence-electron chi connectivity index (χ1n) is 6.50. The van der Waals surface area contributed by atoms with Gasteiger partial charge < -0.3 is 10.1 Å². The minimum atomic E-state index is 0.406. The monoisotopic (exact) mass is 256 g/mol. The van der Waals surface area contributed by atoms with E-state index in [-0.39, 0.29) is 0 Å². The van der Waals surface area contributed by atoms with Gasteiger partial charge in [-0.15, -0.1) is 0 Å². The summed E-state index contributed by atoms with van der Waals surface area (Å²) in [4.78, 5) is 4.53. The van der Waals surface area contributed by atoms with Gasteiger partial charge in [-0.05, 0) is 38.1 Å². The third-order valence-electron chi connectivity index (χ3n) is 3.68. The standard InChI is InChI=1S/C14H16N4O/c1-19-11-2-3-13-12(8-15)17-14(18(13)9-11)10-4-6-16-7-5-10/h2-3,9-10,16H,4-7H2,1H3. The third-order valence-corrected chi connectivity index (χ3v) is 3.68. The van der Waals surface area contributed by atoms with Crippen LogP contribution >= 0.6 is 0 Å². The van der Waals surface area contributed by atoms with Gasteiger partial charge >= 0.3 is 0 Å². The van der Waals surface area contributed by atoms with E-state index in [1.54, 1.807) is 7.11 Å². The van der Waals surface area contributed by atoms with E-state index < -0.39 is 0 Å². The number of nitriles is 1. The molecule has 2 aromatic rings. The molecule has 3 heterocycles. The van der Waals surface area contributed by atoms with Crippen molar-refractivity contribution in [3.63, 3.8) is 0 Å². The van der Waals surface area contributed by atoms with Crippen molar-refractivity contribution in [3.8, 4) is 11.8 Å². The first-order valence-corrected chi connectivity index (χ1v) is 6.50. The van der Waals surface area contributed by atoms with Crippen LogP contribution in [0.15, 0.2) is 18.3 Å². The Morgan fingerprint density at radius 2 is 2.21 bits per heavy atom. The zero-order valence-corrected chi connectivity index (χ0v) is 10.9. The van der Waals surface area contributed by atoms with Crippen LogP contribution in [0, 0.1) is 11.3 Å². The molecule has 5 heteroatoms. The number of methoxy groups -OCH3 is 1. The van der Waals surface area contributed by atoms with E-state index in [9.17, 15) is 5.26 Å². The van der Waals surface area contributed by atoms with Gasteiger partial charge in [0.1, 0.15) is 17.6 Å². The Labute approximate surface area is 111 Å². The largest absolute Gasteiger partial charge is 0.495 e. The van der Waals surface area contributed by atoms with Crippen LogP contribution < -0.4 is 10.1 Å². The lowest BCUT2D eigenvalue weighted by atomic mass is 9.97. The quantitative estimate of drug-likeness (QED) is 0.888. The molecule has 1 N–H and O–H groups in total. The molecule has 1 aliphatic heterocycles. The number of fused-ring (bicyclic) bond motifs is 1. The van der Waals surface area contributed by atoms with Crippen LogP contribution in [-0.2, 0) is 0 Å². The van der Waals surface area contributed by atoms with E-state index in [1.807, 2.05) is 22.7 Å². The number of rotatable bonds is 2. The second kappa shape index (κ2) is 4.90. The normalized spacial score (nSPS) is 16.4. The van der Waals surface area contributed by atoms with E-state index in [2.05, 4.69) is 16.4 Å². The van der Waals surface area contributed by atoms with Crippen molar-refractivity contribution in [1.29, 1.82) is 5.26 Å². The second-order valence-corrected chi connectivity index (χ2v) is 4.78. The molecule has 2 aromatic heterocycles. The van der Waals surface area contributed by atoms with Gasteiger partial charge in [0, 0.05) is 5.92 Å². The number of nitrogens with one attached hydrogen (secondary N) is 1. The molecular weight excluding hydrogens is 240 g/mol. The summed E-state index contributed by atoms with van der Waals surface area (Å²) < 4.78 is 7.27. The third kappa shape index (κ3) is 2.04. The molecule has 0 aromatic carbocycles. The highest BCUT2D eigenvalue weighted by Gasteiger charge is 2.22. The molecule has 3 rings (SSSR count). The number of imidazole rings is 1. The van der Waals surface area contributed by atoms with Crippen molar-refractivity contribution in [2.24, 2.45) is 0 Å². The maximum atomic E-state index is 9.20. The first kappa shape index (κ1) is 12.0. The Kier molecular flexibility index (Phi) is 3.10. The number of aromatic nitrogens is 2. The van der Waals surface area contributed by atoms with Crippen molar-refractivity contribution >= 4 is 5.52 Å². The van der Waals surface area contributed by atoms with Crippen LogP contribution in [0.2, 0.25) is 0 Å². The number of ether oxygens (including phenoxy) is 1. The highest BCUT2D eigenvalue weighted by molar-refractivity contribution is 5.60. The lowest BCUT2D eigenvalue weighted by molar-refractivity contribution is 0.410. The fraction of sp³-hybridized carbons (Fsp3) is 0.429. The minimum absolute atomic E-state index is 0.406. The Balaban J connectivity index is 2.14. The molecule has 0 aliphatic carbocycles. The van der Waals surface area contributed by atoms with Gasteiger partial charge in [-0.3, -0.25) is 4.40 Å². The molecule has 1 saturated heterocycles. The maximum Gasteiger partial charge on any atom is 0.166 e. The van der Waals surface area contributed by atoms with Crippen LogP contribution in [0.4, 0.5) is 0 Å². The van der Waals surface area contributed by atoms with Gasteiger partial charge in [-0.2, -0.15) is 5.26 Å². The number of nitrogens with zero attached hydrogens (tertiary/aromatic N) is 3. The van der Waals surface area contributed by atoms with E-state index in [1.165, 1.54) is 0 Å². The summed E-state index contributed by atoms with van der Waals surface area (Å²) in [6.07, 6.45) is 4.03. The maximum absolute atomic E-state index is 9.20. The van der Waals surface area contributed by atoms with Crippen LogP contribution in [0.1, 0.15) is 30.3 Å². The first-order chi connectivity index (χ1) is 9.33. The molecule has 5 nitrogen and oxygen atoms in total. The van der Waals surface area contributed by atoms with E-state index >= 15 is 0 Å². The predicted molar refractivity (Wildman–Crippen MR) is 71.3 cm³/mol. The minimum Gasteiger partial charge on any atom is -0.495 e. The van der Waals surface area contributed by atoms with Gasteiger partial charge in [0.15, 0.2) is 5.69 Å². The van der Waals surface area contributed by atoms with Crippen molar-refractivity contribution in [3.05, 3.63) is 29.8 Å². The molecule has 0 radical (unpaired) electrons. The highest BCUT2D eigenvalue weighted by atomic mass is 16.5. The average Bonchev–Trinajstić information content (AvgIpc) is 2.86. The SMILES string of the molecule is COc1ccc2c(C#N)nc(C3CCNCC3)n2c1. The molecule has 0 bridgehead atoms. The van der Waals surface area contributed by atoms with Gasteiger partial charge in [-0.1, -0.05) is 0 Å². The van der Waals surface area contributed by atoms with Gasteiger partial charge in [0.25, 0.3) is 0 Å². The van der Waals surface area contributed by atoms with E-state index in [4.69, 9.17) is 4.74 Å². The summed E-state index contributed by atoms with van der Waals surface area (Å²) in [7, 11) is 1.65. The summed E-state index contributed by atoms with van der Waals surface area (Å²) in [5, 5.41) is 12.6. The molecule has 0 amide bonds. The second-order valence-electron chi connectivity index (χ2n) is 4.78. The molecular formula is C14H16N4O. The molecule has 0 unspecified atom stereocenters. The fourth-order valence-corrected chi connectivity index (χ4v) is 2.66. The Bertz CT molecular complexity index is 635. The predicted octanol–water partition coefficient (Wildman–Crippen LogP) is 1.68. The van der Waals surface area contributed by atoms with Crippen molar-refractivity contribution in [2.45, 2.75) is 18.8 Å². The Morgan fingerprint density at radius 1 is 1.42 bits per heavy atom. The van der Waals surface area contributed by atoms with Crippen LogP contribution in [0.3, 0.4) is 0 Å². The lowest BCUT2D eigenvalue weighted by Crippen LogP contribution is -2.27. The Hall–Kier alpha value is -2.06. The Morgan fingerprint density at radius 3 is 2.89 bits per heavy atom. The van der Waals surface area contributed by atoms with Crippen LogP contribution in [-0.4, -0.2) is 29.6 Å². The van der Waals surface area contributed by atoms with Crippen LogP contribution in [0.5, 0.6) is 5.75 Å². The molecule has 19 heavy (non-hydrogen) atoms.